The molecule has 0 aliphatic rings. The van der Waals surface area contributed by atoms with Gasteiger partial charge in [0.2, 0.25) is 5.71 Å². The van der Waals surface area contributed by atoms with Gasteiger partial charge in [-0.2, -0.15) is 5.26 Å². The number of hydrogen-bond acceptors (Lipinski definition) is 7. The SMILES string of the molecule is Cc1oc2ncnc(NCCNc3ncccc3C#N)c2c1C. The topological polar surface area (TPSA) is 99.7 Å². The second kappa shape index (κ2) is 6.32. The smallest absolute Gasteiger partial charge is 0.231 e. The molecule has 0 saturated carbocycles. The second-order valence-corrected chi connectivity index (χ2v) is 5.05. The Morgan fingerprint density at radius 3 is 2.70 bits per heavy atom. The molecule has 0 aliphatic heterocycles. The van der Waals surface area contributed by atoms with Crippen LogP contribution in [0.2, 0.25) is 0 Å². The first kappa shape index (κ1) is 14.8. The summed E-state index contributed by atoms with van der Waals surface area (Å²) in [6.07, 6.45) is 3.13. The standard InChI is InChI=1S/C16H16N6O/c1-10-11(2)23-16-13(10)15(21-9-22-16)20-7-6-19-14-12(8-17)4-3-5-18-14/h3-5,9H,6-7H2,1-2H3,(H,18,19)(H,20,21,22). The molecule has 0 bridgehead atoms. The fourth-order valence-corrected chi connectivity index (χ4v) is 2.31. The first-order valence-electron chi connectivity index (χ1n) is 7.24. The molecule has 116 valence electrons. The van der Waals surface area contributed by atoms with Crippen molar-refractivity contribution in [3.05, 3.63) is 41.5 Å². The first-order chi connectivity index (χ1) is 11.2. The van der Waals surface area contributed by atoms with Crippen LogP contribution in [0.4, 0.5) is 11.6 Å². The highest BCUT2D eigenvalue weighted by atomic mass is 16.3. The summed E-state index contributed by atoms with van der Waals surface area (Å²) in [5.41, 5.74) is 2.15. The number of hydrogen-bond donors (Lipinski definition) is 2. The van der Waals surface area contributed by atoms with E-state index in [1.165, 1.54) is 6.33 Å². The highest BCUT2D eigenvalue weighted by Crippen LogP contribution is 2.27. The highest BCUT2D eigenvalue weighted by molar-refractivity contribution is 5.89. The van der Waals surface area contributed by atoms with Crippen molar-refractivity contribution in [1.82, 2.24) is 15.0 Å². The molecule has 0 aliphatic carbocycles. The average Bonchev–Trinajstić information content (AvgIpc) is 2.87. The van der Waals surface area contributed by atoms with Gasteiger partial charge in [0.15, 0.2) is 0 Å². The van der Waals surface area contributed by atoms with Crippen molar-refractivity contribution in [1.29, 1.82) is 5.26 Å². The molecule has 7 nitrogen and oxygen atoms in total. The third-order valence-corrected chi connectivity index (χ3v) is 3.60. The molecule has 3 aromatic rings. The van der Waals surface area contributed by atoms with E-state index in [1.807, 2.05) is 13.8 Å². The summed E-state index contributed by atoms with van der Waals surface area (Å²) < 4.78 is 5.59. The van der Waals surface area contributed by atoms with Crippen LogP contribution >= 0.6 is 0 Å². The highest BCUT2D eigenvalue weighted by Gasteiger charge is 2.13. The molecule has 3 rings (SSSR count). The first-order valence-corrected chi connectivity index (χ1v) is 7.24. The van der Waals surface area contributed by atoms with Crippen LogP contribution in [0.15, 0.2) is 29.1 Å². The zero-order valence-electron chi connectivity index (χ0n) is 12.9. The third kappa shape index (κ3) is 2.92. The Morgan fingerprint density at radius 2 is 1.91 bits per heavy atom. The molecule has 23 heavy (non-hydrogen) atoms. The van der Waals surface area contributed by atoms with E-state index >= 15 is 0 Å². The van der Waals surface area contributed by atoms with Crippen LogP contribution in [0.3, 0.4) is 0 Å². The zero-order chi connectivity index (χ0) is 16.2. The fraction of sp³-hybridized carbons (Fsp3) is 0.250. The van der Waals surface area contributed by atoms with Gasteiger partial charge in [-0.3, -0.25) is 0 Å². The molecule has 0 aromatic carbocycles. The van der Waals surface area contributed by atoms with Crippen molar-refractivity contribution in [2.45, 2.75) is 13.8 Å². The second-order valence-electron chi connectivity index (χ2n) is 5.05. The monoisotopic (exact) mass is 308 g/mol. The molecule has 0 fully saturated rings. The van der Waals surface area contributed by atoms with Crippen LogP contribution in [0, 0.1) is 25.2 Å². The zero-order valence-corrected chi connectivity index (χ0v) is 12.9. The number of nitrogens with one attached hydrogen (secondary N) is 2. The quantitative estimate of drug-likeness (QED) is 0.699. The number of rotatable bonds is 5. The van der Waals surface area contributed by atoms with Crippen LogP contribution in [0.25, 0.3) is 11.1 Å². The van der Waals surface area contributed by atoms with Gasteiger partial charge in [0, 0.05) is 24.8 Å². The fourth-order valence-electron chi connectivity index (χ4n) is 2.31. The van der Waals surface area contributed by atoms with Gasteiger partial charge in [-0.15, -0.1) is 0 Å². The lowest BCUT2D eigenvalue weighted by molar-refractivity contribution is 0.564. The molecule has 3 aromatic heterocycles. The predicted octanol–water partition coefficient (Wildman–Crippen LogP) is 2.63. The normalized spacial score (nSPS) is 10.5. The van der Waals surface area contributed by atoms with E-state index in [1.54, 1.807) is 18.3 Å². The van der Waals surface area contributed by atoms with Crippen LogP contribution in [0.1, 0.15) is 16.9 Å². The Morgan fingerprint density at radius 1 is 1.13 bits per heavy atom. The lowest BCUT2D eigenvalue weighted by atomic mass is 10.2. The van der Waals surface area contributed by atoms with Crippen LogP contribution in [-0.4, -0.2) is 28.0 Å². The maximum absolute atomic E-state index is 9.03. The van der Waals surface area contributed by atoms with E-state index in [9.17, 15) is 0 Å². The van der Waals surface area contributed by atoms with E-state index < -0.39 is 0 Å². The van der Waals surface area contributed by atoms with Gasteiger partial charge in [-0.05, 0) is 26.0 Å². The Bertz CT molecular complexity index is 880. The Balaban J connectivity index is 1.67. The summed E-state index contributed by atoms with van der Waals surface area (Å²) in [6, 6.07) is 5.58. The van der Waals surface area contributed by atoms with Crippen LogP contribution in [0.5, 0.6) is 0 Å². The number of fused-ring (bicyclic) bond motifs is 1. The minimum absolute atomic E-state index is 0.526. The van der Waals surface area contributed by atoms with Crippen LogP contribution in [-0.2, 0) is 0 Å². The maximum atomic E-state index is 9.03. The van der Waals surface area contributed by atoms with Crippen molar-refractivity contribution in [2.24, 2.45) is 0 Å². The summed E-state index contributed by atoms with van der Waals surface area (Å²) in [7, 11) is 0. The molecule has 0 saturated heterocycles. The molecule has 0 spiro atoms. The summed E-state index contributed by atoms with van der Waals surface area (Å²) in [5, 5.41) is 16.3. The molecular formula is C16H16N6O. The molecule has 2 N–H and O–H groups in total. The van der Waals surface area contributed by atoms with Gasteiger partial charge in [0.25, 0.3) is 0 Å². The van der Waals surface area contributed by atoms with E-state index in [2.05, 4.69) is 31.7 Å². The van der Waals surface area contributed by atoms with Gasteiger partial charge in [-0.25, -0.2) is 15.0 Å². The summed E-state index contributed by atoms with van der Waals surface area (Å²) in [5.74, 6) is 2.17. The number of aromatic nitrogens is 3. The third-order valence-electron chi connectivity index (χ3n) is 3.60. The largest absolute Gasteiger partial charge is 0.443 e. The minimum Gasteiger partial charge on any atom is -0.443 e. The number of anilines is 2. The van der Waals surface area contributed by atoms with Gasteiger partial charge in [0.05, 0.1) is 10.9 Å². The predicted molar refractivity (Wildman–Crippen MR) is 87.2 cm³/mol. The Labute approximate surface area is 133 Å². The number of aryl methyl sites for hydroxylation is 2. The van der Waals surface area contributed by atoms with Gasteiger partial charge in [-0.1, -0.05) is 0 Å². The van der Waals surface area contributed by atoms with Gasteiger partial charge < -0.3 is 15.1 Å². The van der Waals surface area contributed by atoms with Gasteiger partial charge in [0.1, 0.15) is 29.8 Å². The number of nitrogens with zero attached hydrogens (tertiary/aromatic N) is 4. The van der Waals surface area contributed by atoms with Crippen molar-refractivity contribution in [3.63, 3.8) is 0 Å². The van der Waals surface area contributed by atoms with E-state index in [-0.39, 0.29) is 0 Å². The minimum atomic E-state index is 0.526. The molecule has 0 unspecified atom stereocenters. The molecule has 0 amide bonds. The lowest BCUT2D eigenvalue weighted by Crippen LogP contribution is -2.15. The van der Waals surface area contributed by atoms with Crippen LogP contribution < -0.4 is 10.6 Å². The van der Waals surface area contributed by atoms with Crippen molar-refractivity contribution in [2.75, 3.05) is 23.7 Å². The number of pyridine rings is 1. The molecule has 0 radical (unpaired) electrons. The number of nitriles is 1. The number of furan rings is 1. The molecular weight excluding hydrogens is 292 g/mol. The molecule has 0 atom stereocenters. The Kier molecular flexibility index (Phi) is 4.06. The summed E-state index contributed by atoms with van der Waals surface area (Å²) in [4.78, 5) is 12.6. The van der Waals surface area contributed by atoms with Crippen molar-refractivity contribution in [3.8, 4) is 6.07 Å². The summed E-state index contributed by atoms with van der Waals surface area (Å²) in [6.45, 7) is 5.12. The maximum Gasteiger partial charge on any atom is 0.231 e. The average molecular weight is 308 g/mol. The molecule has 3 heterocycles. The van der Waals surface area contributed by atoms with E-state index in [0.717, 1.165) is 22.5 Å². The van der Waals surface area contributed by atoms with E-state index in [0.29, 0.717) is 30.2 Å². The van der Waals surface area contributed by atoms with Crippen molar-refractivity contribution < 1.29 is 4.42 Å². The summed E-state index contributed by atoms with van der Waals surface area (Å²) >= 11 is 0. The Hall–Kier alpha value is -3.14. The van der Waals surface area contributed by atoms with E-state index in [4.69, 9.17) is 9.68 Å². The lowest BCUT2D eigenvalue weighted by Gasteiger charge is -2.09. The van der Waals surface area contributed by atoms with Crippen molar-refractivity contribution >= 4 is 22.7 Å². The van der Waals surface area contributed by atoms with Gasteiger partial charge >= 0.3 is 0 Å². The molecule has 7 heteroatoms.